The van der Waals surface area contributed by atoms with Gasteiger partial charge in [0.05, 0.1) is 12.7 Å². The van der Waals surface area contributed by atoms with E-state index >= 15 is 0 Å². The normalized spacial score (nSPS) is 10.0. The molecule has 1 aromatic carbocycles. The first-order chi connectivity index (χ1) is 8.19. The van der Waals surface area contributed by atoms with Crippen LogP contribution < -0.4 is 0 Å². The summed E-state index contributed by atoms with van der Waals surface area (Å²) >= 11 is 5.54. The second-order valence-electron chi connectivity index (χ2n) is 3.64. The van der Waals surface area contributed by atoms with Crippen LogP contribution in [0.3, 0.4) is 0 Å². The van der Waals surface area contributed by atoms with Gasteiger partial charge in [0.25, 0.3) is 0 Å². The van der Waals surface area contributed by atoms with Crippen LogP contribution in [0.2, 0.25) is 0 Å². The number of ether oxygens (including phenoxy) is 1. The first kappa shape index (κ1) is 13.7. The zero-order valence-corrected chi connectivity index (χ0v) is 10.5. The molecule has 0 saturated carbocycles. The summed E-state index contributed by atoms with van der Waals surface area (Å²) in [6, 6.07) is 6.49. The Morgan fingerprint density at radius 3 is 2.24 bits per heavy atom. The van der Waals surface area contributed by atoms with Crippen molar-refractivity contribution in [1.82, 2.24) is 0 Å². The molecule has 3 nitrogen and oxygen atoms in total. The third kappa shape index (κ3) is 4.19. The Hall–Kier alpha value is -1.35. The van der Waals surface area contributed by atoms with Crippen molar-refractivity contribution < 1.29 is 14.3 Å². The highest BCUT2D eigenvalue weighted by Crippen LogP contribution is 2.10. The molecule has 1 rings (SSSR count). The molecule has 0 aliphatic carbocycles. The van der Waals surface area contributed by atoms with Crippen molar-refractivity contribution in [3.63, 3.8) is 0 Å². The number of benzene rings is 1. The summed E-state index contributed by atoms with van der Waals surface area (Å²) in [7, 11) is 1.33. The van der Waals surface area contributed by atoms with Crippen LogP contribution in [-0.4, -0.2) is 24.7 Å². The Bertz CT molecular complexity index is 384. The van der Waals surface area contributed by atoms with Gasteiger partial charge in [-0.2, -0.15) is 0 Å². The number of esters is 1. The maximum absolute atomic E-state index is 11.7. The molecule has 0 radical (unpaired) electrons. The lowest BCUT2D eigenvalue weighted by atomic mass is 10.0. The fraction of sp³-hybridized carbons (Fsp3) is 0.385. The van der Waals surface area contributed by atoms with Crippen LogP contribution in [0.25, 0.3) is 0 Å². The maximum atomic E-state index is 11.7. The molecule has 0 spiro atoms. The summed E-state index contributed by atoms with van der Waals surface area (Å²) in [5, 5.41) is 0. The Balaban J connectivity index is 2.61. The predicted octanol–water partition coefficient (Wildman–Crippen LogP) is 3.07. The molecule has 0 saturated heterocycles. The van der Waals surface area contributed by atoms with E-state index < -0.39 is 5.97 Å². The summed E-state index contributed by atoms with van der Waals surface area (Å²) in [6.45, 7) is 0. The van der Waals surface area contributed by atoms with Crippen LogP contribution in [0.4, 0.5) is 0 Å². The van der Waals surface area contributed by atoms with Gasteiger partial charge >= 0.3 is 5.97 Å². The number of halogens is 1. The number of methoxy groups -OCH3 is 1. The van der Waals surface area contributed by atoms with Crippen molar-refractivity contribution in [1.29, 1.82) is 0 Å². The highest BCUT2D eigenvalue weighted by atomic mass is 35.5. The van der Waals surface area contributed by atoms with Gasteiger partial charge in [0.2, 0.25) is 0 Å². The molecule has 0 unspecified atom stereocenters. The summed E-state index contributed by atoms with van der Waals surface area (Å²) < 4.78 is 4.58. The summed E-state index contributed by atoms with van der Waals surface area (Å²) in [5.41, 5.74) is 1.07. The van der Waals surface area contributed by atoms with E-state index in [0.717, 1.165) is 12.8 Å². The number of unbranched alkanes of at least 4 members (excludes halogenated alkanes) is 1. The van der Waals surface area contributed by atoms with E-state index in [1.807, 2.05) is 0 Å². The zero-order valence-electron chi connectivity index (χ0n) is 9.74. The van der Waals surface area contributed by atoms with Crippen molar-refractivity contribution in [2.24, 2.45) is 0 Å². The fourth-order valence-electron chi connectivity index (χ4n) is 1.43. The highest BCUT2D eigenvalue weighted by Gasteiger charge is 2.08. The lowest BCUT2D eigenvalue weighted by Crippen LogP contribution is -2.03. The minimum atomic E-state index is -0.397. The molecular formula is C13H15ClO3. The van der Waals surface area contributed by atoms with Crippen molar-refractivity contribution >= 4 is 23.4 Å². The monoisotopic (exact) mass is 254 g/mol. The van der Waals surface area contributed by atoms with Gasteiger partial charge in [-0.15, -0.1) is 11.6 Å². The minimum absolute atomic E-state index is 0.0755. The molecule has 0 N–H and O–H groups in total. The van der Waals surface area contributed by atoms with Gasteiger partial charge in [-0.05, 0) is 25.0 Å². The van der Waals surface area contributed by atoms with Crippen molar-refractivity contribution in [2.75, 3.05) is 13.0 Å². The SMILES string of the molecule is COC(=O)c1ccc(C(=O)CCCCCl)cc1. The third-order valence-corrected chi connectivity index (χ3v) is 2.68. The van der Waals surface area contributed by atoms with E-state index in [9.17, 15) is 9.59 Å². The Kier molecular flexibility index (Phi) is 5.70. The van der Waals surface area contributed by atoms with E-state index in [1.165, 1.54) is 7.11 Å². The minimum Gasteiger partial charge on any atom is -0.465 e. The Morgan fingerprint density at radius 2 is 1.71 bits per heavy atom. The maximum Gasteiger partial charge on any atom is 0.337 e. The van der Waals surface area contributed by atoms with E-state index in [2.05, 4.69) is 4.74 Å². The van der Waals surface area contributed by atoms with E-state index in [1.54, 1.807) is 24.3 Å². The number of ketones is 1. The number of alkyl halides is 1. The summed E-state index contributed by atoms with van der Waals surface area (Å²) in [5.74, 6) is 0.256. The van der Waals surface area contributed by atoms with Crippen LogP contribution >= 0.6 is 11.6 Å². The molecule has 0 amide bonds. The molecule has 0 bridgehead atoms. The molecule has 92 valence electrons. The number of carbonyl (C=O) groups excluding carboxylic acids is 2. The van der Waals surface area contributed by atoms with Crippen LogP contribution in [0.15, 0.2) is 24.3 Å². The second kappa shape index (κ2) is 7.07. The molecule has 0 aromatic heterocycles. The number of rotatable bonds is 6. The second-order valence-corrected chi connectivity index (χ2v) is 4.02. The summed E-state index contributed by atoms with van der Waals surface area (Å²) in [4.78, 5) is 22.9. The van der Waals surface area contributed by atoms with Crippen LogP contribution in [0.1, 0.15) is 40.0 Å². The molecular weight excluding hydrogens is 240 g/mol. The topological polar surface area (TPSA) is 43.4 Å². The van der Waals surface area contributed by atoms with Crippen molar-refractivity contribution in [3.05, 3.63) is 35.4 Å². The van der Waals surface area contributed by atoms with Gasteiger partial charge in [-0.3, -0.25) is 4.79 Å². The van der Waals surface area contributed by atoms with E-state index in [0.29, 0.717) is 23.4 Å². The average Bonchev–Trinajstić information content (AvgIpc) is 2.38. The van der Waals surface area contributed by atoms with E-state index in [4.69, 9.17) is 11.6 Å². The predicted molar refractivity (Wildman–Crippen MR) is 66.7 cm³/mol. The number of hydrogen-bond acceptors (Lipinski definition) is 3. The quantitative estimate of drug-likeness (QED) is 0.339. The van der Waals surface area contributed by atoms with Gasteiger partial charge in [0.1, 0.15) is 0 Å². The Morgan fingerprint density at radius 1 is 1.12 bits per heavy atom. The molecule has 0 heterocycles. The lowest BCUT2D eigenvalue weighted by molar-refractivity contribution is 0.0600. The first-order valence-electron chi connectivity index (χ1n) is 5.46. The molecule has 0 aliphatic heterocycles. The van der Waals surface area contributed by atoms with Gasteiger partial charge in [0.15, 0.2) is 5.78 Å². The number of carbonyl (C=O) groups is 2. The zero-order chi connectivity index (χ0) is 12.7. The molecule has 0 atom stereocenters. The highest BCUT2D eigenvalue weighted by molar-refractivity contribution is 6.17. The lowest BCUT2D eigenvalue weighted by Gasteiger charge is -2.02. The van der Waals surface area contributed by atoms with E-state index in [-0.39, 0.29) is 5.78 Å². The van der Waals surface area contributed by atoms with Gasteiger partial charge < -0.3 is 4.74 Å². The average molecular weight is 255 g/mol. The molecule has 17 heavy (non-hydrogen) atoms. The molecule has 0 aliphatic rings. The van der Waals surface area contributed by atoms with Crippen LogP contribution in [-0.2, 0) is 4.74 Å². The summed E-state index contributed by atoms with van der Waals surface area (Å²) in [6.07, 6.45) is 2.12. The smallest absolute Gasteiger partial charge is 0.337 e. The molecule has 0 fully saturated rings. The molecule has 1 aromatic rings. The number of Topliss-reactive ketones (excluding diaryl/α,β-unsaturated/α-hetero) is 1. The standard InChI is InChI=1S/C13H15ClO3/c1-17-13(16)11-7-5-10(6-8-11)12(15)4-2-3-9-14/h5-8H,2-4,9H2,1H3. The van der Waals surface area contributed by atoms with Crippen molar-refractivity contribution in [3.8, 4) is 0 Å². The first-order valence-corrected chi connectivity index (χ1v) is 6.00. The van der Waals surface area contributed by atoms with Gasteiger partial charge in [-0.1, -0.05) is 12.1 Å². The van der Waals surface area contributed by atoms with Crippen LogP contribution in [0, 0.1) is 0 Å². The van der Waals surface area contributed by atoms with Crippen LogP contribution in [0.5, 0.6) is 0 Å². The molecule has 4 heteroatoms. The van der Waals surface area contributed by atoms with Gasteiger partial charge in [-0.25, -0.2) is 4.79 Å². The Labute approximate surface area is 106 Å². The van der Waals surface area contributed by atoms with Crippen molar-refractivity contribution in [2.45, 2.75) is 19.3 Å². The largest absolute Gasteiger partial charge is 0.465 e. The number of hydrogen-bond donors (Lipinski definition) is 0. The fourth-order valence-corrected chi connectivity index (χ4v) is 1.62. The third-order valence-electron chi connectivity index (χ3n) is 2.42. The van der Waals surface area contributed by atoms with Gasteiger partial charge in [0, 0.05) is 17.9 Å².